The molecule has 0 spiro atoms. The van der Waals surface area contributed by atoms with Gasteiger partial charge in [-0.25, -0.2) is 0 Å². The first-order valence-electron chi connectivity index (χ1n) is 26.4. The van der Waals surface area contributed by atoms with E-state index in [1.54, 1.807) is 0 Å². The van der Waals surface area contributed by atoms with Gasteiger partial charge in [0.15, 0.2) is 6.10 Å². The van der Waals surface area contributed by atoms with E-state index in [2.05, 4.69) is 26.0 Å². The van der Waals surface area contributed by atoms with Gasteiger partial charge >= 0.3 is 11.9 Å². The standard InChI is InChI=1S/C52H102NO8P/c1-6-8-10-12-14-16-18-20-22-23-24-25-26-27-28-29-31-33-35-37-39-41-43-45-52(55)61-50(49-60-62(56,57)59-47-46-53(3,4)5)48-58-51(54)44-42-40-38-36-34-32-30-21-19-17-15-13-11-9-7-2/h21,30,50H,6-20,22-29,31-49H2,1-5H3/b30-21+/t50-/m1/s1. The van der Waals surface area contributed by atoms with Crippen molar-refractivity contribution in [1.82, 2.24) is 0 Å². The largest absolute Gasteiger partial charge is 0.756 e. The Labute approximate surface area is 384 Å². The molecule has 1 unspecified atom stereocenters. The second-order valence-electron chi connectivity index (χ2n) is 19.2. The molecule has 0 fully saturated rings. The summed E-state index contributed by atoms with van der Waals surface area (Å²) in [6.45, 7) is 4.26. The minimum atomic E-state index is -4.63. The quantitative estimate of drug-likeness (QED) is 0.0195. The molecule has 9 nitrogen and oxygen atoms in total. The summed E-state index contributed by atoms with van der Waals surface area (Å²) in [6.07, 6.45) is 49.6. The van der Waals surface area contributed by atoms with Gasteiger partial charge in [-0.3, -0.25) is 14.2 Å². The average molecular weight is 900 g/mol. The van der Waals surface area contributed by atoms with Crippen molar-refractivity contribution >= 4 is 19.8 Å². The lowest BCUT2D eigenvalue weighted by Crippen LogP contribution is -2.37. The van der Waals surface area contributed by atoms with Crippen LogP contribution in [0.25, 0.3) is 0 Å². The lowest BCUT2D eigenvalue weighted by atomic mass is 10.0. The number of carbonyl (C=O) groups is 2. The van der Waals surface area contributed by atoms with Crippen molar-refractivity contribution in [3.63, 3.8) is 0 Å². The molecule has 0 radical (unpaired) electrons. The van der Waals surface area contributed by atoms with Gasteiger partial charge in [-0.1, -0.05) is 219 Å². The fourth-order valence-electron chi connectivity index (χ4n) is 7.65. The Bertz CT molecular complexity index is 1060. The predicted molar refractivity (Wildman–Crippen MR) is 259 cm³/mol. The summed E-state index contributed by atoms with van der Waals surface area (Å²) >= 11 is 0. The van der Waals surface area contributed by atoms with Gasteiger partial charge in [-0.15, -0.1) is 0 Å². The Morgan fingerprint density at radius 2 is 0.823 bits per heavy atom. The van der Waals surface area contributed by atoms with E-state index in [1.165, 1.54) is 173 Å². The number of ether oxygens (including phenoxy) is 2. The van der Waals surface area contributed by atoms with Gasteiger partial charge in [-0.2, -0.15) is 0 Å². The zero-order chi connectivity index (χ0) is 45.7. The molecule has 0 saturated carbocycles. The second kappa shape index (κ2) is 44.9. The molecule has 0 N–H and O–H groups in total. The highest BCUT2D eigenvalue weighted by molar-refractivity contribution is 7.45. The third-order valence-corrected chi connectivity index (χ3v) is 12.7. The number of nitrogens with zero attached hydrogens (tertiary/aromatic N) is 1. The number of phosphoric acid groups is 1. The molecule has 2 atom stereocenters. The number of hydrogen-bond donors (Lipinski definition) is 0. The highest BCUT2D eigenvalue weighted by atomic mass is 31.2. The number of rotatable bonds is 49. The molecule has 0 aliphatic heterocycles. The molecule has 0 amide bonds. The van der Waals surface area contributed by atoms with Crippen LogP contribution < -0.4 is 4.89 Å². The van der Waals surface area contributed by atoms with Crippen LogP contribution in [0.2, 0.25) is 0 Å². The van der Waals surface area contributed by atoms with Crippen molar-refractivity contribution < 1.29 is 42.1 Å². The summed E-state index contributed by atoms with van der Waals surface area (Å²) in [5, 5.41) is 0. The first-order valence-corrected chi connectivity index (χ1v) is 27.9. The maximum absolute atomic E-state index is 12.7. The number of unbranched alkanes of at least 4 members (excludes halogenated alkanes) is 33. The number of allylic oxidation sites excluding steroid dienone is 2. The minimum Gasteiger partial charge on any atom is -0.756 e. The Morgan fingerprint density at radius 3 is 1.19 bits per heavy atom. The third-order valence-electron chi connectivity index (χ3n) is 11.8. The monoisotopic (exact) mass is 900 g/mol. The van der Waals surface area contributed by atoms with E-state index in [-0.39, 0.29) is 32.0 Å². The molecule has 0 heterocycles. The van der Waals surface area contributed by atoms with Crippen LogP contribution in [0.3, 0.4) is 0 Å². The number of phosphoric ester groups is 1. The van der Waals surface area contributed by atoms with Crippen LogP contribution in [0.4, 0.5) is 0 Å². The molecule has 10 heteroatoms. The number of quaternary nitrogens is 1. The highest BCUT2D eigenvalue weighted by Gasteiger charge is 2.21. The van der Waals surface area contributed by atoms with Crippen LogP contribution >= 0.6 is 7.82 Å². The minimum absolute atomic E-state index is 0.0286. The van der Waals surface area contributed by atoms with Crippen LogP contribution in [-0.4, -0.2) is 70.0 Å². The maximum Gasteiger partial charge on any atom is 0.306 e. The number of hydrogen-bond acceptors (Lipinski definition) is 8. The van der Waals surface area contributed by atoms with Crippen molar-refractivity contribution in [2.45, 2.75) is 264 Å². The molecule has 0 rings (SSSR count). The average Bonchev–Trinajstić information content (AvgIpc) is 3.23. The highest BCUT2D eigenvalue weighted by Crippen LogP contribution is 2.38. The summed E-state index contributed by atoms with van der Waals surface area (Å²) in [5.41, 5.74) is 0. The van der Waals surface area contributed by atoms with Crippen LogP contribution in [-0.2, 0) is 32.7 Å². The molecule has 368 valence electrons. The van der Waals surface area contributed by atoms with Crippen molar-refractivity contribution in [3.8, 4) is 0 Å². The predicted octanol–water partition coefficient (Wildman–Crippen LogP) is 15.1. The molecule has 0 aromatic rings. The molecular formula is C52H102NO8P. The smallest absolute Gasteiger partial charge is 0.306 e. The first-order chi connectivity index (χ1) is 30.0. The van der Waals surface area contributed by atoms with Gasteiger partial charge in [0, 0.05) is 12.8 Å². The SMILES string of the molecule is CCCCCCCC/C=C/CCCCCCCC(=O)OC[C@H](COP(=O)([O-])OCC[N+](C)(C)C)OC(=O)CCCCCCCCCCCCCCCCCCCCCCCCC. The fraction of sp³-hybridized carbons (Fsp3) is 0.923. The second-order valence-corrected chi connectivity index (χ2v) is 20.7. The molecule has 0 aliphatic rings. The van der Waals surface area contributed by atoms with Gasteiger partial charge in [0.1, 0.15) is 19.8 Å². The Balaban J connectivity index is 4.17. The van der Waals surface area contributed by atoms with Crippen LogP contribution in [0.1, 0.15) is 258 Å². The van der Waals surface area contributed by atoms with Gasteiger partial charge in [-0.05, 0) is 38.5 Å². The molecule has 0 bridgehead atoms. The van der Waals surface area contributed by atoms with Gasteiger partial charge in [0.2, 0.25) is 0 Å². The number of likely N-dealkylation sites (N-methyl/N-ethyl adjacent to an activating group) is 1. The molecule has 0 aliphatic carbocycles. The third kappa shape index (κ3) is 48.2. The zero-order valence-corrected chi connectivity index (χ0v) is 42.5. The summed E-state index contributed by atoms with van der Waals surface area (Å²) < 4.78 is 34.1. The Hall–Kier alpha value is -1.25. The summed E-state index contributed by atoms with van der Waals surface area (Å²) in [7, 11) is 1.18. The molecule has 0 aromatic carbocycles. The van der Waals surface area contributed by atoms with Crippen molar-refractivity contribution in [2.75, 3.05) is 47.5 Å². The van der Waals surface area contributed by atoms with Crippen LogP contribution in [0.15, 0.2) is 12.2 Å². The molecular weight excluding hydrogens is 798 g/mol. The lowest BCUT2D eigenvalue weighted by Gasteiger charge is -2.28. The summed E-state index contributed by atoms with van der Waals surface area (Å²) in [4.78, 5) is 37.7. The lowest BCUT2D eigenvalue weighted by molar-refractivity contribution is -0.870. The van der Waals surface area contributed by atoms with Gasteiger partial charge in [0.05, 0.1) is 27.7 Å². The van der Waals surface area contributed by atoms with E-state index < -0.39 is 26.5 Å². The maximum atomic E-state index is 12.7. The van der Waals surface area contributed by atoms with Gasteiger partial charge < -0.3 is 27.9 Å². The van der Waals surface area contributed by atoms with E-state index in [9.17, 15) is 19.0 Å². The zero-order valence-electron chi connectivity index (χ0n) is 41.6. The van der Waals surface area contributed by atoms with E-state index in [4.69, 9.17) is 18.5 Å². The molecule has 0 saturated heterocycles. The van der Waals surface area contributed by atoms with Gasteiger partial charge in [0.25, 0.3) is 7.82 Å². The van der Waals surface area contributed by atoms with E-state index >= 15 is 0 Å². The Morgan fingerprint density at radius 1 is 0.484 bits per heavy atom. The normalized spacial score (nSPS) is 13.5. The summed E-state index contributed by atoms with van der Waals surface area (Å²) in [6, 6.07) is 0. The topological polar surface area (TPSA) is 111 Å². The van der Waals surface area contributed by atoms with Crippen LogP contribution in [0.5, 0.6) is 0 Å². The fourth-order valence-corrected chi connectivity index (χ4v) is 8.38. The van der Waals surface area contributed by atoms with Crippen molar-refractivity contribution in [3.05, 3.63) is 12.2 Å². The summed E-state index contributed by atoms with van der Waals surface area (Å²) in [5.74, 6) is -0.829. The first kappa shape index (κ1) is 60.8. The van der Waals surface area contributed by atoms with E-state index in [0.29, 0.717) is 17.4 Å². The Kier molecular flexibility index (Phi) is 44.0. The molecule has 0 aromatic heterocycles. The van der Waals surface area contributed by atoms with E-state index in [1.807, 2.05) is 21.1 Å². The van der Waals surface area contributed by atoms with Crippen molar-refractivity contribution in [2.24, 2.45) is 0 Å². The van der Waals surface area contributed by atoms with Crippen LogP contribution in [0, 0.1) is 0 Å². The number of carbonyl (C=O) groups excluding carboxylic acids is 2. The molecule has 62 heavy (non-hydrogen) atoms. The van der Waals surface area contributed by atoms with Crippen molar-refractivity contribution in [1.29, 1.82) is 0 Å². The number of esters is 2. The van der Waals surface area contributed by atoms with E-state index in [0.717, 1.165) is 51.4 Å².